The predicted molar refractivity (Wildman–Crippen MR) is 105 cm³/mol. The van der Waals surface area contributed by atoms with Crippen molar-refractivity contribution in [2.24, 2.45) is 0 Å². The van der Waals surface area contributed by atoms with Crippen molar-refractivity contribution >= 4 is 22.5 Å². The van der Waals surface area contributed by atoms with E-state index in [1.54, 1.807) is 36.3 Å². The molecule has 144 valence electrons. The van der Waals surface area contributed by atoms with Gasteiger partial charge in [-0.05, 0) is 31.2 Å². The van der Waals surface area contributed by atoms with E-state index in [0.717, 1.165) is 0 Å². The van der Waals surface area contributed by atoms with Crippen LogP contribution in [0, 0.1) is 5.82 Å². The summed E-state index contributed by atoms with van der Waals surface area (Å²) >= 11 is 0. The van der Waals surface area contributed by atoms with E-state index in [9.17, 15) is 9.18 Å². The number of methoxy groups -OCH3 is 2. The number of nitrogen functional groups attached to an aromatic ring is 1. The first-order valence-corrected chi connectivity index (χ1v) is 8.92. The summed E-state index contributed by atoms with van der Waals surface area (Å²) in [5.41, 5.74) is 8.87. The third-order valence-corrected chi connectivity index (χ3v) is 5.12. The van der Waals surface area contributed by atoms with Gasteiger partial charge in [-0.3, -0.25) is 4.79 Å². The molecule has 0 saturated heterocycles. The molecule has 0 saturated carbocycles. The van der Waals surface area contributed by atoms with Gasteiger partial charge in [0.25, 0.3) is 5.91 Å². The molecule has 1 aromatic heterocycles. The van der Waals surface area contributed by atoms with Crippen molar-refractivity contribution in [2.75, 3.05) is 26.5 Å². The maximum absolute atomic E-state index is 15.0. The molecule has 0 spiro atoms. The van der Waals surface area contributed by atoms with Gasteiger partial charge in [-0.2, -0.15) is 0 Å². The minimum atomic E-state index is -0.445. The Kier molecular flexibility index (Phi) is 4.30. The molecule has 28 heavy (non-hydrogen) atoms. The van der Waals surface area contributed by atoms with E-state index in [2.05, 4.69) is 4.98 Å². The maximum Gasteiger partial charge on any atom is 0.258 e. The van der Waals surface area contributed by atoms with Crippen molar-refractivity contribution in [3.8, 4) is 22.6 Å². The number of nitrogens with two attached hydrogens (primary N) is 1. The van der Waals surface area contributed by atoms with Crippen molar-refractivity contribution in [1.29, 1.82) is 0 Å². The molecule has 0 radical (unpaired) electrons. The molecule has 1 aliphatic heterocycles. The van der Waals surface area contributed by atoms with Crippen molar-refractivity contribution < 1.29 is 18.7 Å². The van der Waals surface area contributed by atoms with E-state index in [1.165, 1.54) is 13.2 Å². The number of benzene rings is 2. The Hall–Kier alpha value is -3.35. The Morgan fingerprint density at radius 2 is 1.96 bits per heavy atom. The molecule has 0 bridgehead atoms. The SMILES string of the molecule is CCN1Cc2nc3c(-c4ccc(OC)cc4OC)c(F)ccc3c(N)c2C1=O. The van der Waals surface area contributed by atoms with Crippen molar-refractivity contribution in [1.82, 2.24) is 9.88 Å². The highest BCUT2D eigenvalue weighted by Gasteiger charge is 2.32. The second-order valence-corrected chi connectivity index (χ2v) is 6.55. The number of halogens is 1. The number of anilines is 1. The van der Waals surface area contributed by atoms with Crippen LogP contribution in [0.25, 0.3) is 22.0 Å². The van der Waals surface area contributed by atoms with Crippen LogP contribution in [-0.4, -0.2) is 36.6 Å². The molecule has 1 aliphatic rings. The summed E-state index contributed by atoms with van der Waals surface area (Å²) in [5, 5.41) is 0.541. The first-order valence-electron chi connectivity index (χ1n) is 8.92. The minimum absolute atomic E-state index is 0.141. The fourth-order valence-electron chi connectivity index (χ4n) is 3.66. The molecule has 0 aliphatic carbocycles. The number of carbonyl (C=O) groups is 1. The summed E-state index contributed by atoms with van der Waals surface area (Å²) in [4.78, 5) is 18.9. The molecule has 4 rings (SSSR count). The zero-order chi connectivity index (χ0) is 20.0. The van der Waals surface area contributed by atoms with Gasteiger partial charge < -0.3 is 20.1 Å². The molecule has 6 nitrogen and oxygen atoms in total. The van der Waals surface area contributed by atoms with Crippen molar-refractivity contribution in [3.63, 3.8) is 0 Å². The Morgan fingerprint density at radius 1 is 1.18 bits per heavy atom. The summed E-state index contributed by atoms with van der Waals surface area (Å²) in [6.45, 7) is 2.81. The quantitative estimate of drug-likeness (QED) is 0.747. The molecule has 2 heterocycles. The fourth-order valence-corrected chi connectivity index (χ4v) is 3.66. The summed E-state index contributed by atoms with van der Waals surface area (Å²) in [6, 6.07) is 8.05. The van der Waals surface area contributed by atoms with Gasteiger partial charge in [0.2, 0.25) is 0 Å². The number of fused-ring (bicyclic) bond motifs is 2. The highest BCUT2D eigenvalue weighted by Crippen LogP contribution is 2.41. The third kappa shape index (κ3) is 2.54. The van der Waals surface area contributed by atoms with E-state index in [1.807, 2.05) is 6.92 Å². The average Bonchev–Trinajstić information content (AvgIpc) is 3.03. The second-order valence-electron chi connectivity index (χ2n) is 6.55. The van der Waals surface area contributed by atoms with Crippen LogP contribution >= 0.6 is 0 Å². The van der Waals surface area contributed by atoms with Gasteiger partial charge in [0.15, 0.2) is 0 Å². The monoisotopic (exact) mass is 381 g/mol. The van der Waals surface area contributed by atoms with Gasteiger partial charge in [-0.25, -0.2) is 9.37 Å². The number of hydrogen-bond donors (Lipinski definition) is 1. The standard InChI is InChI=1S/C21H20FN3O3/c1-4-25-10-15-18(21(25)26)19(23)13-7-8-14(22)17(20(13)24-15)12-6-5-11(27-2)9-16(12)28-3/h5-9H,4,10H2,1-3H3,(H2,23,24). The lowest BCUT2D eigenvalue weighted by atomic mass is 9.97. The van der Waals surface area contributed by atoms with E-state index in [0.29, 0.717) is 58.0 Å². The first kappa shape index (κ1) is 18.0. The van der Waals surface area contributed by atoms with Gasteiger partial charge in [0.05, 0.1) is 43.2 Å². The number of carbonyl (C=O) groups excluding carboxylic acids is 1. The van der Waals surface area contributed by atoms with E-state index in [-0.39, 0.29) is 11.5 Å². The first-order chi connectivity index (χ1) is 13.5. The third-order valence-electron chi connectivity index (χ3n) is 5.12. The number of ether oxygens (including phenoxy) is 2. The summed E-state index contributed by atoms with van der Waals surface area (Å²) in [6.07, 6.45) is 0. The molecule has 7 heteroatoms. The van der Waals surface area contributed by atoms with Crippen LogP contribution < -0.4 is 15.2 Å². The van der Waals surface area contributed by atoms with Gasteiger partial charge in [0.1, 0.15) is 17.3 Å². The number of pyridine rings is 1. The van der Waals surface area contributed by atoms with Crippen LogP contribution in [0.1, 0.15) is 23.0 Å². The van der Waals surface area contributed by atoms with Gasteiger partial charge in [-0.1, -0.05) is 0 Å². The summed E-state index contributed by atoms with van der Waals surface area (Å²) in [7, 11) is 3.06. The van der Waals surface area contributed by atoms with E-state index in [4.69, 9.17) is 15.2 Å². The largest absolute Gasteiger partial charge is 0.497 e. The molecular weight excluding hydrogens is 361 g/mol. The molecule has 3 aromatic rings. The smallest absolute Gasteiger partial charge is 0.258 e. The number of aromatic nitrogens is 1. The predicted octanol–water partition coefficient (Wildman–Crippen LogP) is 3.62. The van der Waals surface area contributed by atoms with Crippen LogP contribution in [0.15, 0.2) is 30.3 Å². The maximum atomic E-state index is 15.0. The Balaban J connectivity index is 2.03. The van der Waals surface area contributed by atoms with Crippen LogP contribution in [0.5, 0.6) is 11.5 Å². The minimum Gasteiger partial charge on any atom is -0.497 e. The summed E-state index contributed by atoms with van der Waals surface area (Å²) < 4.78 is 25.6. The zero-order valence-electron chi connectivity index (χ0n) is 15.9. The molecular formula is C21H20FN3O3. The highest BCUT2D eigenvalue weighted by molar-refractivity contribution is 6.11. The lowest BCUT2D eigenvalue weighted by Crippen LogP contribution is -2.23. The van der Waals surface area contributed by atoms with Crippen molar-refractivity contribution in [3.05, 3.63) is 47.4 Å². The molecule has 0 fully saturated rings. The van der Waals surface area contributed by atoms with Crippen LogP contribution in [-0.2, 0) is 6.54 Å². The van der Waals surface area contributed by atoms with E-state index >= 15 is 0 Å². The molecule has 0 atom stereocenters. The van der Waals surface area contributed by atoms with Gasteiger partial charge >= 0.3 is 0 Å². The van der Waals surface area contributed by atoms with Gasteiger partial charge in [0, 0.05) is 29.1 Å². The average molecular weight is 381 g/mol. The van der Waals surface area contributed by atoms with Crippen molar-refractivity contribution in [2.45, 2.75) is 13.5 Å². The van der Waals surface area contributed by atoms with Crippen LogP contribution in [0.4, 0.5) is 10.1 Å². The molecule has 0 unspecified atom stereocenters. The van der Waals surface area contributed by atoms with Crippen LogP contribution in [0.2, 0.25) is 0 Å². The van der Waals surface area contributed by atoms with E-state index < -0.39 is 5.82 Å². The Bertz CT molecular complexity index is 1110. The zero-order valence-corrected chi connectivity index (χ0v) is 15.9. The topological polar surface area (TPSA) is 77.7 Å². The molecule has 2 N–H and O–H groups in total. The molecule has 2 aromatic carbocycles. The lowest BCUT2D eigenvalue weighted by Gasteiger charge is -2.15. The second kappa shape index (κ2) is 6.67. The number of nitrogens with zero attached hydrogens (tertiary/aromatic N) is 2. The van der Waals surface area contributed by atoms with Crippen LogP contribution in [0.3, 0.4) is 0 Å². The number of rotatable bonds is 4. The highest BCUT2D eigenvalue weighted by atomic mass is 19.1. The normalized spacial score (nSPS) is 13.1. The summed E-state index contributed by atoms with van der Waals surface area (Å²) in [5.74, 6) is 0.466. The Morgan fingerprint density at radius 3 is 2.64 bits per heavy atom. The number of amides is 1. The Labute approximate surface area is 161 Å². The fraction of sp³-hybridized carbons (Fsp3) is 0.238. The lowest BCUT2D eigenvalue weighted by molar-refractivity contribution is 0.0787. The molecule has 1 amide bonds. The number of hydrogen-bond acceptors (Lipinski definition) is 5. The van der Waals surface area contributed by atoms with Gasteiger partial charge in [-0.15, -0.1) is 0 Å².